The van der Waals surface area contributed by atoms with Gasteiger partial charge >= 0.3 is 0 Å². The minimum atomic E-state index is 0.346. The molecule has 0 amide bonds. The molecule has 1 saturated heterocycles. The average Bonchev–Trinajstić information content (AvgIpc) is 2.14. The van der Waals surface area contributed by atoms with Gasteiger partial charge in [0.05, 0.1) is 10.3 Å². The SMILES string of the molecule is CC(C)C1SCC(=O)S1. The molecule has 3 heteroatoms. The molecule has 1 fully saturated rings. The van der Waals surface area contributed by atoms with Crippen LogP contribution in [0.3, 0.4) is 0 Å². The summed E-state index contributed by atoms with van der Waals surface area (Å²) in [4.78, 5) is 10.7. The molecular formula is C6H10OS2. The molecule has 52 valence electrons. The fraction of sp³-hybridized carbons (Fsp3) is 0.833. The monoisotopic (exact) mass is 162 g/mol. The van der Waals surface area contributed by atoms with E-state index in [-0.39, 0.29) is 0 Å². The van der Waals surface area contributed by atoms with Crippen LogP contribution in [0.15, 0.2) is 0 Å². The van der Waals surface area contributed by atoms with E-state index < -0.39 is 0 Å². The molecule has 0 aromatic rings. The number of hydrogen-bond donors (Lipinski definition) is 0. The molecule has 1 aliphatic rings. The van der Waals surface area contributed by atoms with E-state index >= 15 is 0 Å². The summed E-state index contributed by atoms with van der Waals surface area (Å²) in [5, 5.41) is 0.346. The van der Waals surface area contributed by atoms with Crippen molar-refractivity contribution in [3.05, 3.63) is 0 Å². The van der Waals surface area contributed by atoms with Crippen molar-refractivity contribution >= 4 is 28.6 Å². The smallest absolute Gasteiger partial charge is 0.199 e. The molecule has 1 atom stereocenters. The first-order valence-corrected chi connectivity index (χ1v) is 4.94. The standard InChI is InChI=1S/C6H10OS2/c1-4(2)6-8-3-5(7)9-6/h4,6H,3H2,1-2H3. The van der Waals surface area contributed by atoms with Crippen molar-refractivity contribution in [2.75, 3.05) is 5.75 Å². The Kier molecular flexibility index (Phi) is 2.47. The van der Waals surface area contributed by atoms with E-state index in [1.165, 1.54) is 11.8 Å². The molecule has 0 N–H and O–H groups in total. The Balaban J connectivity index is 2.39. The largest absolute Gasteiger partial charge is 0.286 e. The maximum Gasteiger partial charge on any atom is 0.199 e. The zero-order valence-electron chi connectivity index (χ0n) is 5.59. The summed E-state index contributed by atoms with van der Waals surface area (Å²) in [6.45, 7) is 4.31. The number of hydrogen-bond acceptors (Lipinski definition) is 3. The lowest BCUT2D eigenvalue weighted by Crippen LogP contribution is -2.01. The van der Waals surface area contributed by atoms with E-state index in [9.17, 15) is 4.79 Å². The number of carbonyl (C=O) groups excluding carboxylic acids is 1. The molecule has 0 spiro atoms. The third kappa shape index (κ3) is 1.90. The first kappa shape index (κ1) is 7.48. The van der Waals surface area contributed by atoms with Gasteiger partial charge in [0.1, 0.15) is 0 Å². The first-order chi connectivity index (χ1) is 4.20. The molecule has 9 heavy (non-hydrogen) atoms. The maximum atomic E-state index is 10.7. The van der Waals surface area contributed by atoms with E-state index in [0.717, 1.165) is 0 Å². The lowest BCUT2D eigenvalue weighted by Gasteiger charge is -2.08. The minimum absolute atomic E-state index is 0.346. The third-order valence-electron chi connectivity index (χ3n) is 1.16. The Labute approximate surface area is 64.0 Å². The Bertz CT molecular complexity index is 122. The number of carbonyl (C=O) groups is 1. The zero-order valence-corrected chi connectivity index (χ0v) is 7.22. The van der Waals surface area contributed by atoms with Crippen LogP contribution >= 0.6 is 23.5 Å². The Hall–Kier alpha value is 0.370. The molecule has 1 aliphatic heterocycles. The van der Waals surface area contributed by atoms with E-state index in [2.05, 4.69) is 13.8 Å². The normalized spacial score (nSPS) is 27.9. The quantitative estimate of drug-likeness (QED) is 0.587. The highest BCUT2D eigenvalue weighted by Gasteiger charge is 2.25. The lowest BCUT2D eigenvalue weighted by molar-refractivity contribution is -0.108. The summed E-state index contributed by atoms with van der Waals surface area (Å²) < 4.78 is 0.525. The molecule has 1 unspecified atom stereocenters. The molecule has 1 nitrogen and oxygen atoms in total. The van der Waals surface area contributed by atoms with Crippen molar-refractivity contribution < 1.29 is 4.79 Å². The third-order valence-corrected chi connectivity index (χ3v) is 4.52. The van der Waals surface area contributed by atoms with Crippen LogP contribution in [0.2, 0.25) is 0 Å². The van der Waals surface area contributed by atoms with Crippen molar-refractivity contribution in [2.45, 2.75) is 18.4 Å². The van der Waals surface area contributed by atoms with Gasteiger partial charge in [0.2, 0.25) is 0 Å². The minimum Gasteiger partial charge on any atom is -0.286 e. The molecule has 0 radical (unpaired) electrons. The summed E-state index contributed by atoms with van der Waals surface area (Å²) in [7, 11) is 0. The maximum absolute atomic E-state index is 10.7. The van der Waals surface area contributed by atoms with Crippen LogP contribution in [0.4, 0.5) is 0 Å². The summed E-state index contributed by atoms with van der Waals surface area (Å²) in [5.41, 5.74) is 0. The second kappa shape index (κ2) is 2.97. The Morgan fingerprint density at radius 3 is 2.56 bits per heavy atom. The molecule has 0 aliphatic carbocycles. The van der Waals surface area contributed by atoms with Crippen molar-refractivity contribution in [1.82, 2.24) is 0 Å². The summed E-state index contributed by atoms with van der Waals surface area (Å²) in [6.07, 6.45) is 0. The Morgan fingerprint density at radius 1 is 1.67 bits per heavy atom. The molecular weight excluding hydrogens is 152 g/mol. The van der Waals surface area contributed by atoms with Gasteiger partial charge < -0.3 is 0 Å². The predicted molar refractivity (Wildman–Crippen MR) is 43.7 cm³/mol. The van der Waals surface area contributed by atoms with E-state index in [1.54, 1.807) is 11.8 Å². The molecule has 0 bridgehead atoms. The van der Waals surface area contributed by atoms with Crippen LogP contribution in [-0.2, 0) is 4.79 Å². The lowest BCUT2D eigenvalue weighted by atomic mass is 10.3. The summed E-state index contributed by atoms with van der Waals surface area (Å²) in [6, 6.07) is 0. The van der Waals surface area contributed by atoms with Gasteiger partial charge in [0, 0.05) is 0 Å². The van der Waals surface area contributed by atoms with Gasteiger partial charge in [0.15, 0.2) is 5.12 Å². The summed E-state index contributed by atoms with van der Waals surface area (Å²) in [5.74, 6) is 1.35. The summed E-state index contributed by atoms with van der Waals surface area (Å²) >= 11 is 3.27. The van der Waals surface area contributed by atoms with Crippen molar-refractivity contribution in [2.24, 2.45) is 5.92 Å². The van der Waals surface area contributed by atoms with Crippen molar-refractivity contribution in [3.8, 4) is 0 Å². The van der Waals surface area contributed by atoms with Crippen LogP contribution in [-0.4, -0.2) is 15.5 Å². The predicted octanol–water partition coefficient (Wildman–Crippen LogP) is 1.98. The fourth-order valence-electron chi connectivity index (χ4n) is 0.676. The van der Waals surface area contributed by atoms with Crippen LogP contribution in [0.5, 0.6) is 0 Å². The molecule has 0 aromatic carbocycles. The second-order valence-corrected chi connectivity index (χ2v) is 5.04. The zero-order chi connectivity index (χ0) is 6.85. The number of thioether (sulfide) groups is 2. The van der Waals surface area contributed by atoms with E-state index in [4.69, 9.17) is 0 Å². The van der Waals surface area contributed by atoms with Crippen LogP contribution in [0.1, 0.15) is 13.8 Å². The van der Waals surface area contributed by atoms with Gasteiger partial charge in [-0.15, -0.1) is 11.8 Å². The Morgan fingerprint density at radius 2 is 2.33 bits per heavy atom. The van der Waals surface area contributed by atoms with Crippen molar-refractivity contribution in [3.63, 3.8) is 0 Å². The molecule has 1 rings (SSSR count). The van der Waals surface area contributed by atoms with Crippen LogP contribution in [0.25, 0.3) is 0 Å². The van der Waals surface area contributed by atoms with Gasteiger partial charge in [-0.2, -0.15) is 0 Å². The van der Waals surface area contributed by atoms with Gasteiger partial charge in [0.25, 0.3) is 0 Å². The van der Waals surface area contributed by atoms with E-state index in [0.29, 0.717) is 21.4 Å². The van der Waals surface area contributed by atoms with Gasteiger partial charge in [-0.3, -0.25) is 4.79 Å². The van der Waals surface area contributed by atoms with Gasteiger partial charge in [-0.05, 0) is 5.92 Å². The number of rotatable bonds is 1. The highest BCUT2D eigenvalue weighted by Crippen LogP contribution is 2.37. The van der Waals surface area contributed by atoms with Gasteiger partial charge in [-0.25, -0.2) is 0 Å². The van der Waals surface area contributed by atoms with Crippen LogP contribution in [0, 0.1) is 5.92 Å². The topological polar surface area (TPSA) is 17.1 Å². The molecule has 0 aromatic heterocycles. The van der Waals surface area contributed by atoms with E-state index in [1.807, 2.05) is 0 Å². The average molecular weight is 162 g/mol. The first-order valence-electron chi connectivity index (χ1n) is 3.01. The molecule has 1 heterocycles. The van der Waals surface area contributed by atoms with Crippen molar-refractivity contribution in [1.29, 1.82) is 0 Å². The van der Waals surface area contributed by atoms with Crippen LogP contribution < -0.4 is 0 Å². The van der Waals surface area contributed by atoms with Gasteiger partial charge in [-0.1, -0.05) is 25.6 Å². The highest BCUT2D eigenvalue weighted by atomic mass is 32.2. The molecule has 0 saturated carbocycles. The second-order valence-electron chi connectivity index (χ2n) is 2.41. The highest BCUT2D eigenvalue weighted by molar-refractivity contribution is 8.29. The fourth-order valence-corrected chi connectivity index (χ4v) is 3.17.